The predicted molar refractivity (Wildman–Crippen MR) is 36.9 cm³/mol. The van der Waals surface area contributed by atoms with Gasteiger partial charge in [0.25, 0.3) is 0 Å². The van der Waals surface area contributed by atoms with Crippen LogP contribution in [0, 0.1) is 0 Å². The van der Waals surface area contributed by atoms with Gasteiger partial charge in [-0.05, 0) is 6.92 Å². The van der Waals surface area contributed by atoms with Crippen molar-refractivity contribution >= 4 is 0 Å². The van der Waals surface area contributed by atoms with E-state index in [0.717, 1.165) is 0 Å². The maximum atomic E-state index is 8.79. The lowest BCUT2D eigenvalue weighted by Crippen LogP contribution is -1.76. The minimum atomic E-state index is 0.258. The molecule has 0 saturated carbocycles. The minimum Gasteiger partial charge on any atom is -0.509 e. The highest BCUT2D eigenvalue weighted by atomic mass is 16.5. The summed E-state index contributed by atoms with van der Waals surface area (Å²) < 4.78 is 4.74. The van der Waals surface area contributed by atoms with Crippen LogP contribution in [0.1, 0.15) is 20.3 Å². The molecule has 0 fully saturated rings. The second-order valence-electron chi connectivity index (χ2n) is 1.57. The van der Waals surface area contributed by atoms with Gasteiger partial charge in [0.2, 0.25) is 0 Å². The molecule has 0 aromatic rings. The van der Waals surface area contributed by atoms with Crippen LogP contribution in [0.4, 0.5) is 0 Å². The van der Waals surface area contributed by atoms with Gasteiger partial charge in [-0.15, -0.1) is 0 Å². The highest BCUT2D eigenvalue weighted by Crippen LogP contribution is 1.93. The smallest absolute Gasteiger partial charge is 0.127 e. The zero-order valence-electron chi connectivity index (χ0n) is 5.79. The van der Waals surface area contributed by atoms with Crippen molar-refractivity contribution < 1.29 is 9.84 Å². The maximum absolute atomic E-state index is 8.79. The number of aliphatic hydroxyl groups is 1. The van der Waals surface area contributed by atoms with Crippen molar-refractivity contribution in [3.63, 3.8) is 0 Å². The molecule has 0 amide bonds. The molecule has 0 saturated heterocycles. The Kier molecular flexibility index (Phi) is 4.69. The summed E-state index contributed by atoms with van der Waals surface area (Å²) >= 11 is 0. The first-order valence-electron chi connectivity index (χ1n) is 2.96. The second kappa shape index (κ2) is 5.22. The molecule has 0 aromatic carbocycles. The van der Waals surface area contributed by atoms with Gasteiger partial charge in [-0.1, -0.05) is 13.0 Å². The number of allylic oxidation sites excluding steroid dienone is 2. The van der Waals surface area contributed by atoms with Crippen LogP contribution < -0.4 is 0 Å². The molecule has 2 nitrogen and oxygen atoms in total. The lowest BCUT2D eigenvalue weighted by atomic mass is 10.4. The summed E-state index contributed by atoms with van der Waals surface area (Å²) in [5.41, 5.74) is 0. The average Bonchev–Trinajstić information content (AvgIpc) is 1.89. The normalized spacial score (nSPS) is 12.4. The predicted octanol–water partition coefficient (Wildman–Crippen LogP) is 2.35. The van der Waals surface area contributed by atoms with Crippen LogP contribution >= 0.6 is 0 Å². The average molecular weight is 128 g/mol. The third-order valence-electron chi connectivity index (χ3n) is 0.781. The Labute approximate surface area is 55.5 Å². The van der Waals surface area contributed by atoms with Crippen molar-refractivity contribution in [3.05, 3.63) is 24.4 Å². The fraction of sp³-hybridized carbons (Fsp3) is 0.429. The molecule has 0 aliphatic carbocycles. The molecular formula is C7H12O2. The van der Waals surface area contributed by atoms with Crippen LogP contribution in [0.25, 0.3) is 0 Å². The van der Waals surface area contributed by atoms with Gasteiger partial charge < -0.3 is 9.84 Å². The molecule has 0 spiro atoms. The Bertz CT molecular complexity index is 114. The van der Waals surface area contributed by atoms with Crippen molar-refractivity contribution in [2.45, 2.75) is 20.3 Å². The van der Waals surface area contributed by atoms with Gasteiger partial charge in [0, 0.05) is 6.42 Å². The first kappa shape index (κ1) is 8.08. The third kappa shape index (κ3) is 4.94. The summed E-state index contributed by atoms with van der Waals surface area (Å²) in [4.78, 5) is 0. The molecule has 0 unspecified atom stereocenters. The van der Waals surface area contributed by atoms with Gasteiger partial charge in [0.15, 0.2) is 0 Å². The summed E-state index contributed by atoms with van der Waals surface area (Å²) in [7, 11) is 0. The van der Waals surface area contributed by atoms with Gasteiger partial charge in [-0.2, -0.15) is 0 Å². The lowest BCUT2D eigenvalue weighted by molar-refractivity contribution is 0.326. The van der Waals surface area contributed by atoms with Crippen LogP contribution in [0.5, 0.6) is 0 Å². The molecular weight excluding hydrogens is 116 g/mol. The Hall–Kier alpha value is -0.920. The fourth-order valence-corrected chi connectivity index (χ4v) is 0.280. The Morgan fingerprint density at radius 2 is 2.33 bits per heavy atom. The summed E-state index contributed by atoms with van der Waals surface area (Å²) in [6.45, 7) is 3.70. The van der Waals surface area contributed by atoms with Gasteiger partial charge in [0.1, 0.15) is 12.0 Å². The minimum absolute atomic E-state index is 0.258. The van der Waals surface area contributed by atoms with Gasteiger partial charge in [-0.3, -0.25) is 0 Å². The first-order valence-corrected chi connectivity index (χ1v) is 2.96. The third-order valence-corrected chi connectivity index (χ3v) is 0.781. The largest absolute Gasteiger partial charge is 0.509 e. The topological polar surface area (TPSA) is 29.5 Å². The van der Waals surface area contributed by atoms with Crippen molar-refractivity contribution in [1.82, 2.24) is 0 Å². The van der Waals surface area contributed by atoms with Crippen molar-refractivity contribution in [2.75, 3.05) is 0 Å². The number of hydrogen-bond donors (Lipinski definition) is 1. The molecule has 0 rings (SSSR count). The van der Waals surface area contributed by atoms with Crippen LogP contribution in [-0.2, 0) is 4.74 Å². The molecule has 9 heavy (non-hydrogen) atoms. The Morgan fingerprint density at radius 1 is 1.67 bits per heavy atom. The molecule has 0 bridgehead atoms. The van der Waals surface area contributed by atoms with Crippen LogP contribution in [-0.4, -0.2) is 5.11 Å². The van der Waals surface area contributed by atoms with E-state index in [1.54, 1.807) is 6.08 Å². The quantitative estimate of drug-likeness (QED) is 0.591. The van der Waals surface area contributed by atoms with E-state index in [4.69, 9.17) is 9.84 Å². The molecule has 52 valence electrons. The number of aliphatic hydroxyl groups excluding tert-OH is 1. The summed E-state index contributed by atoms with van der Waals surface area (Å²) in [6.07, 6.45) is 5.18. The molecule has 1 N–H and O–H groups in total. The second-order valence-corrected chi connectivity index (χ2v) is 1.57. The molecule has 0 radical (unpaired) electrons. The van der Waals surface area contributed by atoms with E-state index >= 15 is 0 Å². The van der Waals surface area contributed by atoms with Crippen LogP contribution in [0.2, 0.25) is 0 Å². The van der Waals surface area contributed by atoms with Crippen molar-refractivity contribution in [1.29, 1.82) is 0 Å². The summed E-state index contributed by atoms with van der Waals surface area (Å²) in [5.74, 6) is 0.258. The molecule has 0 atom stereocenters. The summed E-state index contributed by atoms with van der Waals surface area (Å²) in [6, 6.07) is 0. The number of hydrogen-bond acceptors (Lipinski definition) is 2. The van der Waals surface area contributed by atoms with E-state index in [0.29, 0.717) is 6.42 Å². The monoisotopic (exact) mass is 128 g/mol. The number of ether oxygens (including phenoxy) is 1. The standard InChI is InChI=1S/C7H12O2/c1-3-5-9-6-7(8)4-2/h3,5-6,8H,4H2,1-2H3. The van der Waals surface area contributed by atoms with E-state index in [9.17, 15) is 0 Å². The molecule has 0 aliphatic heterocycles. The van der Waals surface area contributed by atoms with E-state index in [2.05, 4.69) is 0 Å². The zero-order chi connectivity index (χ0) is 7.11. The summed E-state index contributed by atoms with van der Waals surface area (Å²) in [5, 5.41) is 8.79. The van der Waals surface area contributed by atoms with Crippen LogP contribution in [0.15, 0.2) is 24.4 Å². The fourth-order valence-electron chi connectivity index (χ4n) is 0.280. The maximum Gasteiger partial charge on any atom is 0.127 e. The Balaban J connectivity index is 3.43. The number of rotatable bonds is 3. The van der Waals surface area contributed by atoms with Gasteiger partial charge in [0.05, 0.1) is 6.26 Å². The van der Waals surface area contributed by atoms with Crippen LogP contribution in [0.3, 0.4) is 0 Å². The Morgan fingerprint density at radius 3 is 2.78 bits per heavy atom. The van der Waals surface area contributed by atoms with E-state index < -0.39 is 0 Å². The molecule has 0 aliphatic rings. The van der Waals surface area contributed by atoms with Crippen molar-refractivity contribution in [3.8, 4) is 0 Å². The van der Waals surface area contributed by atoms with E-state index in [1.165, 1.54) is 12.5 Å². The zero-order valence-corrected chi connectivity index (χ0v) is 5.79. The SMILES string of the molecule is CC=COC=C(O)CC. The first-order chi connectivity index (χ1) is 4.31. The lowest BCUT2D eigenvalue weighted by Gasteiger charge is -1.91. The molecule has 0 aromatic heterocycles. The van der Waals surface area contributed by atoms with E-state index in [1.807, 2.05) is 13.8 Å². The van der Waals surface area contributed by atoms with Gasteiger partial charge in [-0.25, -0.2) is 0 Å². The van der Waals surface area contributed by atoms with Gasteiger partial charge >= 0.3 is 0 Å². The molecule has 0 heterocycles. The molecule has 2 heteroatoms. The highest BCUT2D eigenvalue weighted by Gasteiger charge is 1.82. The van der Waals surface area contributed by atoms with Crippen molar-refractivity contribution in [2.24, 2.45) is 0 Å². The van der Waals surface area contributed by atoms with E-state index in [-0.39, 0.29) is 5.76 Å². The highest BCUT2D eigenvalue weighted by molar-refractivity contribution is 4.84.